The van der Waals surface area contributed by atoms with Gasteiger partial charge in [-0.3, -0.25) is 0 Å². The Morgan fingerprint density at radius 3 is 1.57 bits per heavy atom. The van der Waals surface area contributed by atoms with Crippen molar-refractivity contribution in [2.45, 2.75) is 13.8 Å². The van der Waals surface area contributed by atoms with Crippen LogP contribution < -0.4 is 0 Å². The largest absolute Gasteiger partial charge is 0.507 e. The standard InChI is InChI=1S/C24H18N4O2/c1-14-11-16(12-15(2)19(14)13-25)22-26-23(17-7-3-5-9-20(17)29)28-24(27-22)18-8-4-6-10-21(18)30/h3-12,29-30H,1-2H3. The first-order valence-electron chi connectivity index (χ1n) is 9.32. The minimum atomic E-state index is 0.0464. The van der Waals surface area contributed by atoms with E-state index >= 15 is 0 Å². The molecule has 0 fully saturated rings. The zero-order chi connectivity index (χ0) is 21.3. The molecule has 4 aromatic rings. The molecule has 3 aromatic carbocycles. The van der Waals surface area contributed by atoms with Crippen LogP contribution in [0.5, 0.6) is 11.5 Å². The Morgan fingerprint density at radius 1 is 0.700 bits per heavy atom. The van der Waals surface area contributed by atoms with Crippen LogP contribution in [0.25, 0.3) is 34.2 Å². The van der Waals surface area contributed by atoms with Crippen molar-refractivity contribution in [3.05, 3.63) is 77.4 Å². The molecule has 0 radical (unpaired) electrons. The Bertz CT molecular complexity index is 1220. The molecular weight excluding hydrogens is 376 g/mol. The molecule has 1 heterocycles. The molecule has 0 aliphatic rings. The summed E-state index contributed by atoms with van der Waals surface area (Å²) in [4.78, 5) is 13.7. The third-order valence-electron chi connectivity index (χ3n) is 4.83. The highest BCUT2D eigenvalue weighted by molar-refractivity contribution is 5.72. The Kier molecular flexibility index (Phi) is 4.87. The molecule has 30 heavy (non-hydrogen) atoms. The summed E-state index contributed by atoms with van der Waals surface area (Å²) in [6.45, 7) is 3.73. The number of hydrogen-bond acceptors (Lipinski definition) is 6. The van der Waals surface area contributed by atoms with E-state index in [0.717, 1.165) is 16.7 Å². The van der Waals surface area contributed by atoms with E-state index in [0.29, 0.717) is 22.5 Å². The summed E-state index contributed by atoms with van der Waals surface area (Å²) in [7, 11) is 0. The molecule has 0 saturated heterocycles. The number of aromatic nitrogens is 3. The predicted octanol–water partition coefficient (Wildman–Crippen LogP) is 4.77. The van der Waals surface area contributed by atoms with E-state index in [-0.39, 0.29) is 23.1 Å². The molecule has 6 nitrogen and oxygen atoms in total. The van der Waals surface area contributed by atoms with E-state index in [1.807, 2.05) is 26.0 Å². The van der Waals surface area contributed by atoms with Gasteiger partial charge in [0.05, 0.1) is 22.8 Å². The quantitative estimate of drug-likeness (QED) is 0.519. The summed E-state index contributed by atoms with van der Waals surface area (Å²) in [5, 5.41) is 30.0. The van der Waals surface area contributed by atoms with Gasteiger partial charge in [-0.1, -0.05) is 24.3 Å². The summed E-state index contributed by atoms with van der Waals surface area (Å²) >= 11 is 0. The molecule has 6 heteroatoms. The lowest BCUT2D eigenvalue weighted by atomic mass is 10.00. The number of hydrogen-bond donors (Lipinski definition) is 2. The molecule has 0 amide bonds. The molecule has 2 N–H and O–H groups in total. The van der Waals surface area contributed by atoms with E-state index in [1.54, 1.807) is 48.5 Å². The molecule has 0 aliphatic heterocycles. The number of phenols is 2. The van der Waals surface area contributed by atoms with Crippen LogP contribution in [0.3, 0.4) is 0 Å². The van der Waals surface area contributed by atoms with Crippen molar-refractivity contribution in [1.29, 1.82) is 5.26 Å². The van der Waals surface area contributed by atoms with Crippen LogP contribution in [0.15, 0.2) is 60.7 Å². The Balaban J connectivity index is 1.99. The van der Waals surface area contributed by atoms with E-state index in [4.69, 9.17) is 0 Å². The maximum absolute atomic E-state index is 10.3. The zero-order valence-electron chi connectivity index (χ0n) is 16.5. The molecule has 0 spiro atoms. The van der Waals surface area contributed by atoms with Gasteiger partial charge >= 0.3 is 0 Å². The maximum atomic E-state index is 10.3. The summed E-state index contributed by atoms with van der Waals surface area (Å²) in [5.41, 5.74) is 3.90. The van der Waals surface area contributed by atoms with Gasteiger partial charge in [0.2, 0.25) is 0 Å². The summed E-state index contributed by atoms with van der Waals surface area (Å²) in [6, 6.07) is 19.5. The molecule has 0 unspecified atom stereocenters. The van der Waals surface area contributed by atoms with Crippen molar-refractivity contribution < 1.29 is 10.2 Å². The first kappa shape index (κ1) is 19.1. The van der Waals surface area contributed by atoms with Gasteiger partial charge in [0.25, 0.3) is 0 Å². The van der Waals surface area contributed by atoms with Gasteiger partial charge in [-0.2, -0.15) is 5.26 Å². The van der Waals surface area contributed by atoms with Gasteiger partial charge in [-0.05, 0) is 61.4 Å². The Morgan fingerprint density at radius 2 is 1.13 bits per heavy atom. The van der Waals surface area contributed by atoms with Crippen LogP contribution in [0.1, 0.15) is 16.7 Å². The predicted molar refractivity (Wildman–Crippen MR) is 114 cm³/mol. The molecule has 146 valence electrons. The second-order valence-corrected chi connectivity index (χ2v) is 6.94. The molecular formula is C24H18N4O2. The molecule has 0 bridgehead atoms. The molecule has 4 rings (SSSR count). The smallest absolute Gasteiger partial charge is 0.167 e. The van der Waals surface area contributed by atoms with Crippen molar-refractivity contribution in [2.75, 3.05) is 0 Å². The fourth-order valence-corrected chi connectivity index (χ4v) is 3.34. The molecule has 0 atom stereocenters. The van der Waals surface area contributed by atoms with Crippen LogP contribution in [-0.4, -0.2) is 25.2 Å². The summed E-state index contributed by atoms with van der Waals surface area (Å²) in [5.74, 6) is 1.05. The van der Waals surface area contributed by atoms with E-state index in [9.17, 15) is 15.5 Å². The van der Waals surface area contributed by atoms with Gasteiger partial charge in [0.1, 0.15) is 11.5 Å². The third-order valence-corrected chi connectivity index (χ3v) is 4.83. The van der Waals surface area contributed by atoms with Crippen molar-refractivity contribution in [2.24, 2.45) is 0 Å². The minimum Gasteiger partial charge on any atom is -0.507 e. The zero-order valence-corrected chi connectivity index (χ0v) is 16.5. The lowest BCUT2D eigenvalue weighted by molar-refractivity contribution is 0.477. The van der Waals surface area contributed by atoms with Gasteiger partial charge in [-0.25, -0.2) is 15.0 Å². The maximum Gasteiger partial charge on any atom is 0.167 e. The molecule has 0 aliphatic carbocycles. The molecule has 1 aromatic heterocycles. The highest BCUT2D eigenvalue weighted by Crippen LogP contribution is 2.32. The van der Waals surface area contributed by atoms with E-state index in [2.05, 4.69) is 21.0 Å². The van der Waals surface area contributed by atoms with Gasteiger partial charge < -0.3 is 10.2 Å². The Labute approximate surface area is 173 Å². The SMILES string of the molecule is Cc1cc(-c2nc(-c3ccccc3O)nc(-c3ccccc3O)n2)cc(C)c1C#N. The first-order chi connectivity index (χ1) is 14.5. The van der Waals surface area contributed by atoms with Crippen molar-refractivity contribution >= 4 is 0 Å². The van der Waals surface area contributed by atoms with Crippen molar-refractivity contribution in [3.8, 4) is 51.7 Å². The van der Waals surface area contributed by atoms with Crippen LogP contribution in [0.4, 0.5) is 0 Å². The van der Waals surface area contributed by atoms with Gasteiger partial charge in [0, 0.05) is 5.56 Å². The number of rotatable bonds is 3. The summed E-state index contributed by atoms with van der Waals surface area (Å²) < 4.78 is 0. The average Bonchev–Trinajstić information content (AvgIpc) is 2.74. The highest BCUT2D eigenvalue weighted by Gasteiger charge is 2.17. The third kappa shape index (κ3) is 3.45. The average molecular weight is 394 g/mol. The van der Waals surface area contributed by atoms with Crippen LogP contribution in [0, 0.1) is 25.2 Å². The van der Waals surface area contributed by atoms with E-state index in [1.165, 1.54) is 0 Å². The number of aromatic hydroxyl groups is 2. The second kappa shape index (κ2) is 7.64. The number of phenolic OH excluding ortho intramolecular Hbond substituents is 2. The normalized spacial score (nSPS) is 10.6. The van der Waals surface area contributed by atoms with Crippen LogP contribution >= 0.6 is 0 Å². The number of aryl methyl sites for hydroxylation is 2. The number of nitrogens with zero attached hydrogens (tertiary/aromatic N) is 4. The van der Waals surface area contributed by atoms with Gasteiger partial charge in [-0.15, -0.1) is 0 Å². The lowest BCUT2D eigenvalue weighted by Crippen LogP contribution is -2.01. The number of nitriles is 1. The van der Waals surface area contributed by atoms with Crippen molar-refractivity contribution in [3.63, 3.8) is 0 Å². The fourth-order valence-electron chi connectivity index (χ4n) is 3.34. The lowest BCUT2D eigenvalue weighted by Gasteiger charge is -2.11. The minimum absolute atomic E-state index is 0.0464. The van der Waals surface area contributed by atoms with E-state index < -0.39 is 0 Å². The highest BCUT2D eigenvalue weighted by atomic mass is 16.3. The summed E-state index contributed by atoms with van der Waals surface area (Å²) in [6.07, 6.45) is 0. The fraction of sp³-hybridized carbons (Fsp3) is 0.0833. The second-order valence-electron chi connectivity index (χ2n) is 6.94. The van der Waals surface area contributed by atoms with Crippen LogP contribution in [0.2, 0.25) is 0 Å². The van der Waals surface area contributed by atoms with Crippen LogP contribution in [-0.2, 0) is 0 Å². The number of benzene rings is 3. The molecule has 0 saturated carbocycles. The monoisotopic (exact) mass is 394 g/mol. The van der Waals surface area contributed by atoms with Gasteiger partial charge in [0.15, 0.2) is 17.5 Å². The first-order valence-corrected chi connectivity index (χ1v) is 9.32. The topological polar surface area (TPSA) is 103 Å². The number of para-hydroxylation sites is 2. The Hall–Kier alpha value is -4.24. The van der Waals surface area contributed by atoms with Crippen molar-refractivity contribution in [1.82, 2.24) is 15.0 Å².